The van der Waals surface area contributed by atoms with Gasteiger partial charge in [0.15, 0.2) is 0 Å². The van der Waals surface area contributed by atoms with Crippen LogP contribution in [0.2, 0.25) is 0 Å². The first-order valence-electron chi connectivity index (χ1n) is 6.66. The van der Waals surface area contributed by atoms with E-state index in [0.29, 0.717) is 0 Å². The maximum Gasteiger partial charge on any atom is 0.128 e. The van der Waals surface area contributed by atoms with E-state index in [1.165, 1.54) is 5.56 Å². The molecule has 1 aromatic carbocycles. The number of hydrogen-bond acceptors (Lipinski definition) is 2. The lowest BCUT2D eigenvalue weighted by atomic mass is 10.1. The molecule has 0 aliphatic carbocycles. The third kappa shape index (κ3) is 3.13. The van der Waals surface area contributed by atoms with Crippen LogP contribution in [-0.4, -0.2) is 9.55 Å². The van der Waals surface area contributed by atoms with E-state index in [0.717, 1.165) is 37.4 Å². The maximum atomic E-state index is 4.38. The number of rotatable bonds is 6. The predicted molar refractivity (Wildman–Crippen MR) is 75.7 cm³/mol. The molecule has 0 saturated heterocycles. The van der Waals surface area contributed by atoms with Gasteiger partial charge in [0.1, 0.15) is 5.82 Å². The van der Waals surface area contributed by atoms with Crippen molar-refractivity contribution >= 4 is 5.69 Å². The Morgan fingerprint density at radius 1 is 1.17 bits per heavy atom. The normalized spacial score (nSPS) is 10.6. The minimum absolute atomic E-state index is 0.776. The van der Waals surface area contributed by atoms with Crippen molar-refractivity contribution in [1.82, 2.24) is 9.55 Å². The van der Waals surface area contributed by atoms with E-state index in [1.54, 1.807) is 0 Å². The molecule has 0 spiro atoms. The second kappa shape index (κ2) is 6.24. The van der Waals surface area contributed by atoms with E-state index in [2.05, 4.69) is 53.0 Å². The van der Waals surface area contributed by atoms with Crippen LogP contribution in [0.3, 0.4) is 0 Å². The number of anilines is 1. The Hall–Kier alpha value is -1.77. The summed E-state index contributed by atoms with van der Waals surface area (Å²) < 4.78 is 2.20. The van der Waals surface area contributed by atoms with Gasteiger partial charge in [-0.05, 0) is 30.5 Å². The zero-order chi connectivity index (χ0) is 12.8. The Bertz CT molecular complexity index is 471. The Labute approximate surface area is 109 Å². The summed E-state index contributed by atoms with van der Waals surface area (Å²) in [6, 6.07) is 8.60. The van der Waals surface area contributed by atoms with Gasteiger partial charge in [-0.2, -0.15) is 0 Å². The molecule has 3 nitrogen and oxygen atoms in total. The van der Waals surface area contributed by atoms with Crippen molar-refractivity contribution in [3.05, 3.63) is 48.0 Å². The van der Waals surface area contributed by atoms with Gasteiger partial charge in [0, 0.05) is 24.6 Å². The van der Waals surface area contributed by atoms with E-state index < -0.39 is 0 Å². The molecule has 3 heteroatoms. The molecule has 18 heavy (non-hydrogen) atoms. The summed E-state index contributed by atoms with van der Waals surface area (Å²) >= 11 is 0. The second-order valence-corrected chi connectivity index (χ2v) is 4.44. The molecule has 0 fully saturated rings. The molecule has 0 atom stereocenters. The molecule has 0 unspecified atom stereocenters. The highest BCUT2D eigenvalue weighted by molar-refractivity contribution is 5.44. The van der Waals surface area contributed by atoms with Crippen LogP contribution in [-0.2, 0) is 19.5 Å². The lowest BCUT2D eigenvalue weighted by molar-refractivity contribution is 0.644. The lowest BCUT2D eigenvalue weighted by Crippen LogP contribution is -2.08. The van der Waals surface area contributed by atoms with Crippen LogP contribution in [0.25, 0.3) is 0 Å². The van der Waals surface area contributed by atoms with E-state index in [4.69, 9.17) is 0 Å². The first kappa shape index (κ1) is 12.7. The first-order chi connectivity index (χ1) is 8.83. The van der Waals surface area contributed by atoms with Gasteiger partial charge in [-0.25, -0.2) is 4.98 Å². The monoisotopic (exact) mass is 243 g/mol. The molecule has 0 aliphatic heterocycles. The number of benzene rings is 1. The minimum atomic E-state index is 0.776. The average Bonchev–Trinajstić information content (AvgIpc) is 2.85. The van der Waals surface area contributed by atoms with Gasteiger partial charge >= 0.3 is 0 Å². The van der Waals surface area contributed by atoms with Crippen LogP contribution in [0.1, 0.15) is 31.7 Å². The quantitative estimate of drug-likeness (QED) is 0.842. The summed E-state index contributed by atoms with van der Waals surface area (Å²) in [6.45, 7) is 6.16. The van der Waals surface area contributed by atoms with Crippen molar-refractivity contribution in [1.29, 1.82) is 0 Å². The Balaban J connectivity index is 1.95. The molecule has 1 heterocycles. The highest BCUT2D eigenvalue weighted by Crippen LogP contribution is 2.11. The summed E-state index contributed by atoms with van der Waals surface area (Å²) in [4.78, 5) is 4.38. The summed E-state index contributed by atoms with van der Waals surface area (Å²) in [5.74, 6) is 1.09. The van der Waals surface area contributed by atoms with Crippen molar-refractivity contribution in [2.75, 3.05) is 5.32 Å². The van der Waals surface area contributed by atoms with Crippen LogP contribution in [0, 0.1) is 0 Å². The Kier molecular flexibility index (Phi) is 4.40. The molecule has 0 bridgehead atoms. The van der Waals surface area contributed by atoms with Crippen molar-refractivity contribution in [3.63, 3.8) is 0 Å². The van der Waals surface area contributed by atoms with Crippen molar-refractivity contribution in [2.45, 2.75) is 39.8 Å². The van der Waals surface area contributed by atoms with E-state index in [-0.39, 0.29) is 0 Å². The predicted octanol–water partition coefficient (Wildman–Crippen LogP) is 3.47. The fourth-order valence-electron chi connectivity index (χ4n) is 1.99. The van der Waals surface area contributed by atoms with Gasteiger partial charge < -0.3 is 9.88 Å². The lowest BCUT2D eigenvalue weighted by Gasteiger charge is -2.09. The standard InChI is InChI=1S/C15H21N3/c1-3-10-18-11-9-16-15(18)12-17-14-7-5-13(4-2)6-8-14/h5-9,11,17H,3-4,10,12H2,1-2H3. The summed E-state index contributed by atoms with van der Waals surface area (Å²) in [6.07, 6.45) is 6.13. The fraction of sp³-hybridized carbons (Fsp3) is 0.400. The molecule has 96 valence electrons. The van der Waals surface area contributed by atoms with Gasteiger partial charge in [0.05, 0.1) is 6.54 Å². The molecule has 1 aromatic heterocycles. The topological polar surface area (TPSA) is 29.9 Å². The second-order valence-electron chi connectivity index (χ2n) is 4.44. The van der Waals surface area contributed by atoms with Crippen molar-refractivity contribution < 1.29 is 0 Å². The van der Waals surface area contributed by atoms with Crippen LogP contribution >= 0.6 is 0 Å². The summed E-state index contributed by atoms with van der Waals surface area (Å²) in [7, 11) is 0. The van der Waals surface area contributed by atoms with E-state index in [1.807, 2.05) is 12.4 Å². The smallest absolute Gasteiger partial charge is 0.128 e. The SMILES string of the molecule is CCCn1ccnc1CNc1ccc(CC)cc1. The van der Waals surface area contributed by atoms with E-state index in [9.17, 15) is 0 Å². The highest BCUT2D eigenvalue weighted by atomic mass is 15.1. The Morgan fingerprint density at radius 3 is 2.61 bits per heavy atom. The maximum absolute atomic E-state index is 4.38. The number of hydrogen-bond donors (Lipinski definition) is 1. The van der Waals surface area contributed by atoms with Crippen LogP contribution < -0.4 is 5.32 Å². The van der Waals surface area contributed by atoms with Crippen LogP contribution in [0.5, 0.6) is 0 Å². The molecule has 0 aliphatic rings. The number of aromatic nitrogens is 2. The molecule has 0 amide bonds. The molecular weight excluding hydrogens is 222 g/mol. The van der Waals surface area contributed by atoms with Crippen LogP contribution in [0.4, 0.5) is 5.69 Å². The summed E-state index contributed by atoms with van der Waals surface area (Å²) in [5, 5.41) is 3.41. The van der Waals surface area contributed by atoms with Crippen molar-refractivity contribution in [2.24, 2.45) is 0 Å². The molecule has 2 aromatic rings. The minimum Gasteiger partial charge on any atom is -0.378 e. The Morgan fingerprint density at radius 2 is 1.94 bits per heavy atom. The third-order valence-corrected chi connectivity index (χ3v) is 3.08. The number of nitrogens with one attached hydrogen (secondary N) is 1. The molecular formula is C15H21N3. The van der Waals surface area contributed by atoms with E-state index >= 15 is 0 Å². The average molecular weight is 243 g/mol. The highest BCUT2D eigenvalue weighted by Gasteiger charge is 2.01. The van der Waals surface area contributed by atoms with Gasteiger partial charge in [-0.1, -0.05) is 26.0 Å². The molecule has 0 radical (unpaired) electrons. The van der Waals surface area contributed by atoms with Crippen molar-refractivity contribution in [3.8, 4) is 0 Å². The van der Waals surface area contributed by atoms with Gasteiger partial charge in [-0.15, -0.1) is 0 Å². The zero-order valence-electron chi connectivity index (χ0n) is 11.2. The fourth-order valence-corrected chi connectivity index (χ4v) is 1.99. The molecule has 1 N–H and O–H groups in total. The third-order valence-electron chi connectivity index (χ3n) is 3.08. The van der Waals surface area contributed by atoms with Gasteiger partial charge in [-0.3, -0.25) is 0 Å². The summed E-state index contributed by atoms with van der Waals surface area (Å²) in [5.41, 5.74) is 2.52. The van der Waals surface area contributed by atoms with Crippen LogP contribution in [0.15, 0.2) is 36.7 Å². The zero-order valence-corrected chi connectivity index (χ0v) is 11.2. The van der Waals surface area contributed by atoms with Gasteiger partial charge in [0.25, 0.3) is 0 Å². The molecule has 2 rings (SSSR count). The largest absolute Gasteiger partial charge is 0.378 e. The first-order valence-corrected chi connectivity index (χ1v) is 6.66. The number of nitrogens with zero attached hydrogens (tertiary/aromatic N) is 2. The number of aryl methyl sites for hydroxylation is 2. The number of imidazole rings is 1. The van der Waals surface area contributed by atoms with Gasteiger partial charge in [0.2, 0.25) is 0 Å². The molecule has 0 saturated carbocycles.